The molecule has 0 saturated heterocycles. The number of hydrogen-bond donors (Lipinski definition) is 0. The second-order valence-electron chi connectivity index (χ2n) is 2.84. The Balaban J connectivity index is 3.79. The Kier molecular flexibility index (Phi) is 3.12. The topological polar surface area (TPSA) is 75.0 Å². The molecule has 4 nitrogen and oxygen atoms in total. The Hall–Kier alpha value is -1.38. The predicted molar refractivity (Wildman–Crippen MR) is 54.3 cm³/mol. The fourth-order valence-electron chi connectivity index (χ4n) is 1.23. The maximum atomic E-state index is 11.2. The van der Waals surface area contributed by atoms with Gasteiger partial charge >= 0.3 is 0 Å². The summed E-state index contributed by atoms with van der Waals surface area (Å²) in [5.74, 6) is 0. The Labute approximate surface area is 91.5 Å². The zero-order valence-electron chi connectivity index (χ0n) is 7.69. The molecule has 0 radical (unpaired) electrons. The molecular formula is C9H6ClNO3S. The van der Waals surface area contributed by atoms with E-state index in [-0.39, 0.29) is 16.0 Å². The Morgan fingerprint density at radius 1 is 1.47 bits per heavy atom. The molecule has 0 amide bonds. The molecule has 1 aromatic rings. The van der Waals surface area contributed by atoms with Gasteiger partial charge in [0, 0.05) is 16.2 Å². The lowest BCUT2D eigenvalue weighted by Gasteiger charge is -2.05. The molecule has 15 heavy (non-hydrogen) atoms. The van der Waals surface area contributed by atoms with Gasteiger partial charge < -0.3 is 0 Å². The summed E-state index contributed by atoms with van der Waals surface area (Å²) in [6, 6.07) is 4.48. The van der Waals surface area contributed by atoms with Crippen molar-refractivity contribution in [2.75, 3.05) is 0 Å². The number of aldehydes is 1. The number of hydrogen-bond acceptors (Lipinski definition) is 4. The van der Waals surface area contributed by atoms with E-state index in [1.807, 2.05) is 0 Å². The van der Waals surface area contributed by atoms with Gasteiger partial charge in [-0.3, -0.25) is 4.79 Å². The van der Waals surface area contributed by atoms with Crippen LogP contribution in [0.3, 0.4) is 0 Å². The van der Waals surface area contributed by atoms with Crippen molar-refractivity contribution in [3.05, 3.63) is 28.8 Å². The Morgan fingerprint density at radius 2 is 2.07 bits per heavy atom. The van der Waals surface area contributed by atoms with E-state index in [2.05, 4.69) is 0 Å². The summed E-state index contributed by atoms with van der Waals surface area (Å²) in [7, 11) is 1.16. The van der Waals surface area contributed by atoms with Gasteiger partial charge in [0.25, 0.3) is 9.05 Å². The molecule has 1 rings (SSSR count). The Morgan fingerprint density at radius 3 is 2.47 bits per heavy atom. The van der Waals surface area contributed by atoms with Crippen molar-refractivity contribution < 1.29 is 13.2 Å². The molecule has 0 N–H and O–H groups in total. The summed E-state index contributed by atoms with van der Waals surface area (Å²) >= 11 is 0. The average molecular weight is 244 g/mol. The van der Waals surface area contributed by atoms with Crippen LogP contribution in [0.15, 0.2) is 17.0 Å². The summed E-state index contributed by atoms with van der Waals surface area (Å²) in [5, 5.41) is 8.79. The van der Waals surface area contributed by atoms with Crippen molar-refractivity contribution in [3.8, 4) is 6.07 Å². The third kappa shape index (κ3) is 2.17. The normalized spacial score (nSPS) is 10.7. The van der Waals surface area contributed by atoms with Gasteiger partial charge in [-0.2, -0.15) is 5.26 Å². The van der Waals surface area contributed by atoms with Gasteiger partial charge in [-0.25, -0.2) is 8.42 Å². The van der Waals surface area contributed by atoms with Crippen LogP contribution in [-0.2, 0) is 9.05 Å². The third-order valence-electron chi connectivity index (χ3n) is 1.87. The number of nitrogens with zero attached hydrogens (tertiary/aromatic N) is 1. The van der Waals surface area contributed by atoms with E-state index in [0.717, 1.165) is 0 Å². The summed E-state index contributed by atoms with van der Waals surface area (Å²) in [6.45, 7) is 1.50. The van der Waals surface area contributed by atoms with Crippen molar-refractivity contribution in [2.24, 2.45) is 0 Å². The summed E-state index contributed by atoms with van der Waals surface area (Å²) in [4.78, 5) is 10.3. The van der Waals surface area contributed by atoms with Crippen molar-refractivity contribution in [1.82, 2.24) is 0 Å². The molecule has 0 fully saturated rings. The molecule has 0 unspecified atom stereocenters. The fourth-order valence-corrected chi connectivity index (χ4v) is 2.69. The van der Waals surface area contributed by atoms with Crippen LogP contribution in [0.25, 0.3) is 0 Å². The maximum Gasteiger partial charge on any atom is 0.262 e. The number of aryl methyl sites for hydroxylation is 1. The number of nitriles is 1. The van der Waals surface area contributed by atoms with E-state index < -0.39 is 9.05 Å². The van der Waals surface area contributed by atoms with Crippen LogP contribution in [-0.4, -0.2) is 14.7 Å². The molecule has 0 bridgehead atoms. The van der Waals surface area contributed by atoms with E-state index in [9.17, 15) is 13.2 Å². The summed E-state index contributed by atoms with van der Waals surface area (Å²) in [5.41, 5.74) is 0.148. The molecule has 0 aliphatic rings. The molecule has 0 saturated carbocycles. The number of carbonyl (C=O) groups is 1. The highest BCUT2D eigenvalue weighted by Crippen LogP contribution is 2.25. The van der Waals surface area contributed by atoms with E-state index in [1.165, 1.54) is 19.1 Å². The standard InChI is InChI=1S/C9H6ClNO3S/c1-6-2-3-7(5-12)8(4-11)9(6)15(10,13)14/h2-3,5H,1H3. The summed E-state index contributed by atoms with van der Waals surface area (Å²) in [6.07, 6.45) is 0.420. The second-order valence-corrected chi connectivity index (χ2v) is 5.35. The van der Waals surface area contributed by atoms with Gasteiger partial charge in [-0.1, -0.05) is 12.1 Å². The second kappa shape index (κ2) is 4.01. The highest BCUT2D eigenvalue weighted by Gasteiger charge is 2.21. The lowest BCUT2D eigenvalue weighted by molar-refractivity contribution is 0.112. The van der Waals surface area contributed by atoms with Crippen molar-refractivity contribution >= 4 is 26.0 Å². The van der Waals surface area contributed by atoms with Crippen LogP contribution in [0.1, 0.15) is 21.5 Å². The van der Waals surface area contributed by atoms with E-state index in [1.54, 1.807) is 6.07 Å². The van der Waals surface area contributed by atoms with E-state index in [4.69, 9.17) is 15.9 Å². The number of carbonyl (C=O) groups excluding carboxylic acids is 1. The predicted octanol–water partition coefficient (Wildman–Crippen LogP) is 1.61. The quantitative estimate of drug-likeness (QED) is 0.584. The minimum absolute atomic E-state index is 0.0160. The lowest BCUT2D eigenvalue weighted by Crippen LogP contribution is -2.02. The van der Waals surface area contributed by atoms with Gasteiger partial charge in [0.05, 0.1) is 5.56 Å². The van der Waals surface area contributed by atoms with Gasteiger partial charge in [0.2, 0.25) is 0 Å². The van der Waals surface area contributed by atoms with Crippen LogP contribution >= 0.6 is 10.7 Å². The molecule has 0 spiro atoms. The van der Waals surface area contributed by atoms with Crippen LogP contribution in [0.2, 0.25) is 0 Å². The SMILES string of the molecule is Cc1ccc(C=O)c(C#N)c1S(=O)(=O)Cl. The van der Waals surface area contributed by atoms with E-state index >= 15 is 0 Å². The first kappa shape index (κ1) is 11.7. The molecule has 1 aromatic carbocycles. The molecule has 0 atom stereocenters. The van der Waals surface area contributed by atoms with Crippen LogP contribution in [0, 0.1) is 18.3 Å². The number of benzene rings is 1. The first-order chi connectivity index (χ1) is 6.91. The van der Waals surface area contributed by atoms with Crippen LogP contribution < -0.4 is 0 Å². The molecule has 0 aromatic heterocycles. The summed E-state index contributed by atoms with van der Waals surface area (Å²) < 4.78 is 22.4. The van der Waals surface area contributed by atoms with Crippen molar-refractivity contribution in [3.63, 3.8) is 0 Å². The largest absolute Gasteiger partial charge is 0.298 e. The van der Waals surface area contributed by atoms with Crippen LogP contribution in [0.4, 0.5) is 0 Å². The first-order valence-corrected chi connectivity index (χ1v) is 6.16. The zero-order valence-corrected chi connectivity index (χ0v) is 9.26. The first-order valence-electron chi connectivity index (χ1n) is 3.85. The Bertz CT molecular complexity index is 557. The van der Waals surface area contributed by atoms with Crippen LogP contribution in [0.5, 0.6) is 0 Å². The lowest BCUT2D eigenvalue weighted by atomic mass is 10.1. The van der Waals surface area contributed by atoms with Gasteiger partial charge in [-0.05, 0) is 12.5 Å². The highest BCUT2D eigenvalue weighted by atomic mass is 35.7. The minimum Gasteiger partial charge on any atom is -0.298 e. The van der Waals surface area contributed by atoms with Crippen molar-refractivity contribution in [2.45, 2.75) is 11.8 Å². The number of rotatable bonds is 2. The third-order valence-corrected chi connectivity index (χ3v) is 3.35. The number of halogens is 1. The average Bonchev–Trinajstić information content (AvgIpc) is 2.15. The molecule has 6 heteroatoms. The molecule has 0 aliphatic carbocycles. The zero-order chi connectivity index (χ0) is 11.6. The van der Waals surface area contributed by atoms with Crippen molar-refractivity contribution in [1.29, 1.82) is 5.26 Å². The molecule has 78 valence electrons. The highest BCUT2D eigenvalue weighted by molar-refractivity contribution is 8.13. The maximum absolute atomic E-state index is 11.2. The van der Waals surface area contributed by atoms with Gasteiger partial charge in [-0.15, -0.1) is 0 Å². The molecule has 0 aliphatic heterocycles. The van der Waals surface area contributed by atoms with E-state index in [0.29, 0.717) is 11.8 Å². The molecule has 0 heterocycles. The molecular weight excluding hydrogens is 238 g/mol. The monoisotopic (exact) mass is 243 g/mol. The van der Waals surface area contributed by atoms with Gasteiger partial charge in [0.15, 0.2) is 6.29 Å². The fraction of sp³-hybridized carbons (Fsp3) is 0.111. The van der Waals surface area contributed by atoms with Gasteiger partial charge in [0.1, 0.15) is 11.0 Å². The minimum atomic E-state index is -4.02. The smallest absolute Gasteiger partial charge is 0.262 e.